The minimum atomic E-state index is -0.0909. The van der Waals surface area contributed by atoms with E-state index in [1.54, 1.807) is 11.0 Å². The van der Waals surface area contributed by atoms with E-state index in [1.165, 1.54) is 22.2 Å². The Bertz CT molecular complexity index is 870. The molecule has 2 heterocycles. The van der Waals surface area contributed by atoms with E-state index in [2.05, 4.69) is 4.98 Å². The van der Waals surface area contributed by atoms with E-state index in [1.807, 2.05) is 42.6 Å². The van der Waals surface area contributed by atoms with E-state index in [9.17, 15) is 9.59 Å². The fraction of sp³-hybridized carbons (Fsp3) is 0.235. The van der Waals surface area contributed by atoms with E-state index >= 15 is 0 Å². The van der Waals surface area contributed by atoms with Gasteiger partial charge in [-0.15, -0.1) is 11.3 Å². The Morgan fingerprint density at radius 3 is 2.78 bits per heavy atom. The van der Waals surface area contributed by atoms with Crippen molar-refractivity contribution in [3.63, 3.8) is 0 Å². The normalized spacial score (nSPS) is 10.8. The van der Waals surface area contributed by atoms with Crippen molar-refractivity contribution in [2.45, 2.75) is 19.9 Å². The Morgan fingerprint density at radius 1 is 1.26 bits per heavy atom. The second-order valence-corrected chi connectivity index (χ2v) is 6.00. The highest BCUT2D eigenvalue weighted by Gasteiger charge is 2.14. The van der Waals surface area contributed by atoms with E-state index < -0.39 is 0 Å². The predicted molar refractivity (Wildman–Crippen MR) is 93.0 cm³/mol. The molecule has 6 heteroatoms. The van der Waals surface area contributed by atoms with Crippen LogP contribution in [0.5, 0.6) is 0 Å². The second kappa shape index (κ2) is 6.75. The van der Waals surface area contributed by atoms with Crippen LogP contribution in [0.3, 0.4) is 0 Å². The molecule has 5 nitrogen and oxygen atoms in total. The molecule has 0 aliphatic rings. The van der Waals surface area contributed by atoms with Crippen LogP contribution in [-0.2, 0) is 11.3 Å². The average Bonchev–Trinajstić information content (AvgIpc) is 3.05. The number of carbonyl (C=O) groups is 1. The van der Waals surface area contributed by atoms with E-state index in [4.69, 9.17) is 0 Å². The summed E-state index contributed by atoms with van der Waals surface area (Å²) in [5, 5.41) is 2.46. The van der Waals surface area contributed by atoms with Gasteiger partial charge in [0.1, 0.15) is 4.83 Å². The zero-order valence-electron chi connectivity index (χ0n) is 12.8. The highest BCUT2D eigenvalue weighted by molar-refractivity contribution is 7.16. The molecule has 0 spiro atoms. The first-order valence-electron chi connectivity index (χ1n) is 7.48. The maximum atomic E-state index is 12.5. The Hall–Kier alpha value is -2.47. The maximum absolute atomic E-state index is 12.5. The minimum Gasteiger partial charge on any atom is -0.313 e. The van der Waals surface area contributed by atoms with Crippen molar-refractivity contribution in [3.8, 4) is 0 Å². The number of aromatic nitrogens is 2. The Balaban J connectivity index is 1.75. The van der Waals surface area contributed by atoms with Crippen LogP contribution in [0, 0.1) is 0 Å². The molecule has 0 saturated heterocycles. The molecule has 23 heavy (non-hydrogen) atoms. The molecule has 0 bridgehead atoms. The molecule has 3 aromatic rings. The zero-order valence-corrected chi connectivity index (χ0v) is 13.6. The van der Waals surface area contributed by atoms with Gasteiger partial charge >= 0.3 is 0 Å². The molecule has 0 fully saturated rings. The van der Waals surface area contributed by atoms with Gasteiger partial charge in [-0.1, -0.05) is 18.2 Å². The van der Waals surface area contributed by atoms with Gasteiger partial charge in [0.15, 0.2) is 0 Å². The molecule has 118 valence electrons. The third kappa shape index (κ3) is 3.17. The van der Waals surface area contributed by atoms with E-state index in [0.717, 1.165) is 10.5 Å². The second-order valence-electron chi connectivity index (χ2n) is 5.11. The summed E-state index contributed by atoms with van der Waals surface area (Å²) in [4.78, 5) is 31.5. The van der Waals surface area contributed by atoms with Gasteiger partial charge in [-0.2, -0.15) is 0 Å². The first-order valence-corrected chi connectivity index (χ1v) is 8.36. The molecule has 0 atom stereocenters. The lowest BCUT2D eigenvalue weighted by molar-refractivity contribution is -0.118. The number of rotatable bonds is 5. The molecule has 0 unspecified atom stereocenters. The van der Waals surface area contributed by atoms with Crippen LogP contribution in [0.4, 0.5) is 5.69 Å². The lowest BCUT2D eigenvalue weighted by Gasteiger charge is -2.21. The van der Waals surface area contributed by atoms with Crippen LogP contribution in [0.15, 0.2) is 52.9 Å². The van der Waals surface area contributed by atoms with E-state index in [-0.39, 0.29) is 17.9 Å². The van der Waals surface area contributed by atoms with Crippen molar-refractivity contribution in [2.24, 2.45) is 0 Å². The highest BCUT2D eigenvalue weighted by Crippen LogP contribution is 2.15. The number of hydrogen-bond donors (Lipinski definition) is 0. The van der Waals surface area contributed by atoms with Crippen molar-refractivity contribution < 1.29 is 4.79 Å². The largest absolute Gasteiger partial charge is 0.313 e. The number of para-hydroxylation sites is 1. The Kier molecular flexibility index (Phi) is 4.52. The number of hydrogen-bond acceptors (Lipinski definition) is 4. The fourth-order valence-corrected chi connectivity index (χ4v) is 3.24. The molecule has 2 aromatic heterocycles. The molecular formula is C17H17N3O2S. The minimum absolute atomic E-state index is 0.00369. The average molecular weight is 327 g/mol. The fourth-order valence-electron chi connectivity index (χ4n) is 2.51. The first kappa shape index (κ1) is 15.4. The standard InChI is InChI=1S/C17H17N3O2S/c1-2-20(13-6-4-3-5-7-13)15(21)8-10-19-12-18-16-14(17(19)22)9-11-23-16/h3-7,9,11-12H,2,8,10H2,1H3. The van der Waals surface area contributed by atoms with Gasteiger partial charge in [-0.05, 0) is 30.5 Å². The SMILES string of the molecule is CCN(C(=O)CCn1cnc2sccc2c1=O)c1ccccc1. The van der Waals surface area contributed by atoms with Crippen LogP contribution in [-0.4, -0.2) is 22.0 Å². The molecule has 0 radical (unpaired) electrons. The summed E-state index contributed by atoms with van der Waals surface area (Å²) in [6.45, 7) is 2.87. The highest BCUT2D eigenvalue weighted by atomic mass is 32.1. The summed E-state index contributed by atoms with van der Waals surface area (Å²) in [7, 11) is 0. The van der Waals surface area contributed by atoms with Gasteiger partial charge in [0.25, 0.3) is 5.56 Å². The number of thiophene rings is 1. The maximum Gasteiger partial charge on any atom is 0.262 e. The number of nitrogens with zero attached hydrogens (tertiary/aromatic N) is 3. The molecular weight excluding hydrogens is 310 g/mol. The van der Waals surface area contributed by atoms with Crippen LogP contribution < -0.4 is 10.5 Å². The quantitative estimate of drug-likeness (QED) is 0.724. The van der Waals surface area contributed by atoms with Crippen molar-refractivity contribution >= 4 is 33.1 Å². The lowest BCUT2D eigenvalue weighted by atomic mass is 10.2. The van der Waals surface area contributed by atoms with Crippen LogP contribution in [0.2, 0.25) is 0 Å². The van der Waals surface area contributed by atoms with Crippen LogP contribution >= 0.6 is 11.3 Å². The number of carbonyl (C=O) groups excluding carboxylic acids is 1. The summed E-state index contributed by atoms with van der Waals surface area (Å²) in [5.74, 6) is -0.00369. The summed E-state index contributed by atoms with van der Waals surface area (Å²) >= 11 is 1.44. The zero-order chi connectivity index (χ0) is 16.2. The summed E-state index contributed by atoms with van der Waals surface area (Å²) < 4.78 is 1.51. The van der Waals surface area contributed by atoms with Crippen LogP contribution in [0.1, 0.15) is 13.3 Å². The summed E-state index contributed by atoms with van der Waals surface area (Å²) in [6.07, 6.45) is 1.78. The van der Waals surface area contributed by atoms with E-state index in [0.29, 0.717) is 18.5 Å². The lowest BCUT2D eigenvalue weighted by Crippen LogP contribution is -2.32. The topological polar surface area (TPSA) is 55.2 Å². The van der Waals surface area contributed by atoms with Gasteiger partial charge < -0.3 is 4.90 Å². The van der Waals surface area contributed by atoms with Gasteiger partial charge in [0.05, 0.1) is 11.7 Å². The first-order chi connectivity index (χ1) is 11.2. The third-order valence-electron chi connectivity index (χ3n) is 3.70. The molecule has 0 aliphatic carbocycles. The van der Waals surface area contributed by atoms with Crippen molar-refractivity contribution in [1.29, 1.82) is 0 Å². The van der Waals surface area contributed by atoms with Gasteiger partial charge in [0.2, 0.25) is 5.91 Å². The monoisotopic (exact) mass is 327 g/mol. The number of fused-ring (bicyclic) bond motifs is 1. The van der Waals surface area contributed by atoms with Crippen LogP contribution in [0.25, 0.3) is 10.2 Å². The van der Waals surface area contributed by atoms with Crippen molar-refractivity contribution in [3.05, 3.63) is 58.5 Å². The smallest absolute Gasteiger partial charge is 0.262 e. The summed E-state index contributed by atoms with van der Waals surface area (Å²) in [5.41, 5.74) is 0.783. The molecule has 3 rings (SSSR count). The Labute approximate surface area is 137 Å². The van der Waals surface area contributed by atoms with Crippen molar-refractivity contribution in [1.82, 2.24) is 9.55 Å². The van der Waals surface area contributed by atoms with Gasteiger partial charge in [-0.25, -0.2) is 4.98 Å². The van der Waals surface area contributed by atoms with Crippen molar-refractivity contribution in [2.75, 3.05) is 11.4 Å². The Morgan fingerprint density at radius 2 is 2.04 bits per heavy atom. The molecule has 1 amide bonds. The molecule has 0 aliphatic heterocycles. The predicted octanol–water partition coefficient (Wildman–Crippen LogP) is 2.90. The van der Waals surface area contributed by atoms with Gasteiger partial charge in [0, 0.05) is 25.2 Å². The molecule has 0 N–H and O–H groups in total. The number of amides is 1. The summed E-state index contributed by atoms with van der Waals surface area (Å²) in [6, 6.07) is 11.3. The third-order valence-corrected chi connectivity index (χ3v) is 4.52. The molecule has 1 aromatic carbocycles. The number of benzene rings is 1. The molecule has 0 saturated carbocycles. The number of anilines is 1. The van der Waals surface area contributed by atoms with Gasteiger partial charge in [-0.3, -0.25) is 14.2 Å². The number of aryl methyl sites for hydroxylation is 1.